The van der Waals surface area contributed by atoms with Gasteiger partial charge in [0.2, 0.25) is 5.91 Å². The summed E-state index contributed by atoms with van der Waals surface area (Å²) in [5.41, 5.74) is 4.73. The topological polar surface area (TPSA) is 108 Å². The molecule has 2 rings (SSSR count). The fraction of sp³-hybridized carbons (Fsp3) is 0.538. The molecule has 1 fully saturated rings. The zero-order chi connectivity index (χ0) is 16.2. The minimum atomic E-state index is -3.23. The van der Waals surface area contributed by atoms with Crippen molar-refractivity contribution in [2.24, 2.45) is 0 Å². The van der Waals surface area contributed by atoms with Gasteiger partial charge < -0.3 is 4.98 Å². The van der Waals surface area contributed by atoms with Crippen molar-refractivity contribution in [3.05, 3.63) is 22.4 Å². The molecule has 0 aromatic carbocycles. The normalized spacial score (nSPS) is 15.7. The van der Waals surface area contributed by atoms with Crippen molar-refractivity contribution in [2.75, 3.05) is 5.75 Å². The lowest BCUT2D eigenvalue weighted by atomic mass is 10.4. The van der Waals surface area contributed by atoms with E-state index in [0.717, 1.165) is 12.8 Å². The molecule has 0 aliphatic heterocycles. The molecule has 2 amide bonds. The first kappa shape index (κ1) is 17.0. The van der Waals surface area contributed by atoms with Crippen molar-refractivity contribution in [3.8, 4) is 0 Å². The average Bonchev–Trinajstić information content (AvgIpc) is 3.14. The molecule has 0 spiro atoms. The van der Waals surface area contributed by atoms with Gasteiger partial charge in [-0.25, -0.2) is 8.42 Å². The van der Waals surface area contributed by atoms with Crippen LogP contribution in [-0.4, -0.2) is 36.2 Å². The molecular weight excluding hydrogens is 374 g/mol. The van der Waals surface area contributed by atoms with Crippen LogP contribution >= 0.6 is 15.9 Å². The number of carbonyl (C=O) groups excluding carboxylic acids is 2. The van der Waals surface area contributed by atoms with Crippen LogP contribution in [0.3, 0.4) is 0 Å². The van der Waals surface area contributed by atoms with Crippen molar-refractivity contribution in [3.63, 3.8) is 0 Å². The lowest BCUT2D eigenvalue weighted by molar-refractivity contribution is -0.121. The van der Waals surface area contributed by atoms with Crippen LogP contribution in [0, 0.1) is 0 Å². The molecule has 122 valence electrons. The Balaban J connectivity index is 1.75. The fourth-order valence-electron chi connectivity index (χ4n) is 2.40. The Morgan fingerprint density at radius 1 is 1.27 bits per heavy atom. The molecule has 0 atom stereocenters. The quantitative estimate of drug-likeness (QED) is 0.656. The minimum Gasteiger partial charge on any atom is -0.356 e. The molecule has 9 heteroatoms. The van der Waals surface area contributed by atoms with E-state index in [1.807, 2.05) is 0 Å². The first-order valence-corrected chi connectivity index (χ1v) is 9.54. The van der Waals surface area contributed by atoms with E-state index < -0.39 is 21.7 Å². The van der Waals surface area contributed by atoms with Gasteiger partial charge in [0, 0.05) is 17.1 Å². The number of hydrogen-bond donors (Lipinski definition) is 3. The summed E-state index contributed by atoms with van der Waals surface area (Å²) in [5, 5.41) is -0.314. The molecule has 1 aliphatic rings. The number of hydrazine groups is 1. The number of aromatic nitrogens is 1. The van der Waals surface area contributed by atoms with Crippen LogP contribution in [-0.2, 0) is 14.6 Å². The van der Waals surface area contributed by atoms with Crippen molar-refractivity contribution >= 4 is 37.6 Å². The number of amides is 2. The standard InChI is InChI=1S/C13H18BrN3O4S/c14-9-7-11(15-8-9)13(19)17-16-12(18)5-6-22(20,21)10-3-1-2-4-10/h7-8,10,15H,1-6H2,(H,16,18)(H,17,19). The Labute approximate surface area is 137 Å². The molecule has 1 aromatic rings. The molecule has 7 nitrogen and oxygen atoms in total. The number of rotatable bonds is 5. The van der Waals surface area contributed by atoms with Crippen LogP contribution in [0.4, 0.5) is 0 Å². The maximum atomic E-state index is 12.0. The molecule has 1 aliphatic carbocycles. The number of H-pyrrole nitrogens is 1. The van der Waals surface area contributed by atoms with Crippen LogP contribution in [0.15, 0.2) is 16.7 Å². The van der Waals surface area contributed by atoms with E-state index >= 15 is 0 Å². The minimum absolute atomic E-state index is 0.159. The number of hydrogen-bond acceptors (Lipinski definition) is 4. The van der Waals surface area contributed by atoms with E-state index in [4.69, 9.17) is 0 Å². The molecule has 3 N–H and O–H groups in total. The third kappa shape index (κ3) is 4.57. The average molecular weight is 392 g/mol. The zero-order valence-corrected chi connectivity index (χ0v) is 14.3. The highest BCUT2D eigenvalue weighted by Crippen LogP contribution is 2.25. The number of sulfone groups is 1. The van der Waals surface area contributed by atoms with E-state index in [1.165, 1.54) is 0 Å². The van der Waals surface area contributed by atoms with Gasteiger partial charge in [-0.3, -0.25) is 20.4 Å². The molecular formula is C13H18BrN3O4S. The molecule has 1 heterocycles. The lowest BCUT2D eigenvalue weighted by Crippen LogP contribution is -2.42. The molecule has 0 unspecified atom stereocenters. The Kier molecular flexibility index (Phi) is 5.63. The van der Waals surface area contributed by atoms with Crippen LogP contribution < -0.4 is 10.9 Å². The molecule has 0 bridgehead atoms. The van der Waals surface area contributed by atoms with Crippen molar-refractivity contribution in [1.82, 2.24) is 15.8 Å². The highest BCUT2D eigenvalue weighted by Gasteiger charge is 2.28. The van der Waals surface area contributed by atoms with Crippen LogP contribution in [0.2, 0.25) is 0 Å². The molecule has 0 saturated heterocycles. The SMILES string of the molecule is O=C(CCS(=O)(=O)C1CCCC1)NNC(=O)c1cc(Br)c[nH]1. The van der Waals surface area contributed by atoms with Gasteiger partial charge in [0.25, 0.3) is 5.91 Å². The second kappa shape index (κ2) is 7.28. The first-order valence-electron chi connectivity index (χ1n) is 7.03. The lowest BCUT2D eigenvalue weighted by Gasteiger charge is -2.11. The van der Waals surface area contributed by atoms with Gasteiger partial charge in [-0.05, 0) is 34.8 Å². The summed E-state index contributed by atoms with van der Waals surface area (Å²) < 4.78 is 24.8. The highest BCUT2D eigenvalue weighted by molar-refractivity contribution is 9.10. The molecule has 1 saturated carbocycles. The monoisotopic (exact) mass is 391 g/mol. The zero-order valence-electron chi connectivity index (χ0n) is 11.9. The summed E-state index contributed by atoms with van der Waals surface area (Å²) >= 11 is 3.19. The van der Waals surface area contributed by atoms with Gasteiger partial charge in [0.05, 0.1) is 11.0 Å². The van der Waals surface area contributed by atoms with E-state index in [2.05, 4.69) is 31.8 Å². The summed E-state index contributed by atoms with van der Waals surface area (Å²) in [5.74, 6) is -1.22. The number of aromatic amines is 1. The second-order valence-electron chi connectivity index (χ2n) is 5.26. The summed E-state index contributed by atoms with van der Waals surface area (Å²) in [6.07, 6.45) is 4.65. The van der Waals surface area contributed by atoms with Crippen LogP contribution in [0.5, 0.6) is 0 Å². The third-order valence-corrected chi connectivity index (χ3v) is 6.35. The van der Waals surface area contributed by atoms with Crippen molar-refractivity contribution < 1.29 is 18.0 Å². The van der Waals surface area contributed by atoms with Gasteiger partial charge in [0.1, 0.15) is 5.69 Å². The Morgan fingerprint density at radius 3 is 2.55 bits per heavy atom. The summed E-state index contributed by atoms with van der Waals surface area (Å²) in [6.45, 7) is 0. The number of halogens is 1. The van der Waals surface area contributed by atoms with E-state index in [-0.39, 0.29) is 23.1 Å². The van der Waals surface area contributed by atoms with E-state index in [9.17, 15) is 18.0 Å². The number of carbonyl (C=O) groups is 2. The molecule has 1 aromatic heterocycles. The summed E-state index contributed by atoms with van der Waals surface area (Å²) in [4.78, 5) is 26.0. The predicted molar refractivity (Wildman–Crippen MR) is 84.8 cm³/mol. The van der Waals surface area contributed by atoms with Gasteiger partial charge >= 0.3 is 0 Å². The van der Waals surface area contributed by atoms with Gasteiger partial charge in [-0.15, -0.1) is 0 Å². The number of nitrogens with one attached hydrogen (secondary N) is 3. The molecule has 22 heavy (non-hydrogen) atoms. The fourth-order valence-corrected chi connectivity index (χ4v) is 4.60. The highest BCUT2D eigenvalue weighted by atomic mass is 79.9. The van der Waals surface area contributed by atoms with Crippen LogP contribution in [0.1, 0.15) is 42.6 Å². The van der Waals surface area contributed by atoms with Crippen molar-refractivity contribution in [1.29, 1.82) is 0 Å². The van der Waals surface area contributed by atoms with Gasteiger partial charge in [-0.1, -0.05) is 12.8 Å². The summed E-state index contributed by atoms with van der Waals surface area (Å²) in [6, 6.07) is 1.56. The first-order chi connectivity index (χ1) is 10.4. The Hall–Kier alpha value is -1.35. The maximum Gasteiger partial charge on any atom is 0.286 e. The largest absolute Gasteiger partial charge is 0.356 e. The Bertz CT molecular complexity index is 650. The Morgan fingerprint density at radius 2 is 1.95 bits per heavy atom. The van der Waals surface area contributed by atoms with Gasteiger partial charge in [0.15, 0.2) is 9.84 Å². The smallest absolute Gasteiger partial charge is 0.286 e. The maximum absolute atomic E-state index is 12.0. The van der Waals surface area contributed by atoms with E-state index in [1.54, 1.807) is 12.3 Å². The van der Waals surface area contributed by atoms with Gasteiger partial charge in [-0.2, -0.15) is 0 Å². The predicted octanol–water partition coefficient (Wildman–Crippen LogP) is 1.29. The van der Waals surface area contributed by atoms with E-state index in [0.29, 0.717) is 17.3 Å². The van der Waals surface area contributed by atoms with Crippen molar-refractivity contribution in [2.45, 2.75) is 37.4 Å². The molecule has 0 radical (unpaired) electrons. The second-order valence-corrected chi connectivity index (χ2v) is 8.57. The third-order valence-electron chi connectivity index (χ3n) is 3.63. The van der Waals surface area contributed by atoms with Crippen LogP contribution in [0.25, 0.3) is 0 Å². The summed E-state index contributed by atoms with van der Waals surface area (Å²) in [7, 11) is -3.23.